The minimum absolute atomic E-state index is 0.0498. The van der Waals surface area contributed by atoms with Crippen molar-refractivity contribution in [3.8, 4) is 0 Å². The Bertz CT molecular complexity index is 571. The van der Waals surface area contributed by atoms with E-state index < -0.39 is 0 Å². The second kappa shape index (κ2) is 5.30. The second-order valence-electron chi connectivity index (χ2n) is 4.63. The zero-order chi connectivity index (χ0) is 13.2. The van der Waals surface area contributed by atoms with E-state index in [1.165, 1.54) is 0 Å². The average molecular weight is 323 g/mol. The Morgan fingerprint density at radius 3 is 3.11 bits per heavy atom. The normalized spacial score (nSPS) is 22.6. The van der Waals surface area contributed by atoms with Crippen molar-refractivity contribution in [1.29, 1.82) is 0 Å². The van der Waals surface area contributed by atoms with Gasteiger partial charge in [0.15, 0.2) is 0 Å². The molecule has 19 heavy (non-hydrogen) atoms. The molecule has 6 heteroatoms. The SMILES string of the molecule is Cn1cc([C@H]2OCC[C@@H]2Nc2ccncc2Br)cn1. The van der Waals surface area contributed by atoms with Gasteiger partial charge in [-0.15, -0.1) is 0 Å². The number of ether oxygens (including phenoxy) is 1. The summed E-state index contributed by atoms with van der Waals surface area (Å²) < 4.78 is 8.60. The van der Waals surface area contributed by atoms with Crippen molar-refractivity contribution in [2.45, 2.75) is 18.6 Å². The zero-order valence-electron chi connectivity index (χ0n) is 10.6. The maximum atomic E-state index is 5.83. The molecule has 5 nitrogen and oxygen atoms in total. The number of hydrogen-bond acceptors (Lipinski definition) is 4. The Hall–Kier alpha value is -1.40. The van der Waals surface area contributed by atoms with Crippen LogP contribution >= 0.6 is 15.9 Å². The maximum absolute atomic E-state index is 5.83. The fraction of sp³-hybridized carbons (Fsp3) is 0.385. The smallest absolute Gasteiger partial charge is 0.106 e. The van der Waals surface area contributed by atoms with Crippen LogP contribution in [0, 0.1) is 0 Å². The molecule has 1 saturated heterocycles. The minimum Gasteiger partial charge on any atom is -0.378 e. The highest BCUT2D eigenvalue weighted by atomic mass is 79.9. The maximum Gasteiger partial charge on any atom is 0.106 e. The van der Waals surface area contributed by atoms with Crippen LogP contribution in [0.5, 0.6) is 0 Å². The van der Waals surface area contributed by atoms with E-state index in [4.69, 9.17) is 4.74 Å². The second-order valence-corrected chi connectivity index (χ2v) is 5.49. The van der Waals surface area contributed by atoms with Gasteiger partial charge in [-0.3, -0.25) is 9.67 Å². The standard InChI is InChI=1S/C13H15BrN4O/c1-18-8-9(6-16-18)13-12(3-5-19-13)17-11-2-4-15-7-10(11)14/h2,4,6-8,12-13H,3,5H2,1H3,(H,15,17)/t12-,13+/m0/s1. The number of nitrogens with zero attached hydrogens (tertiary/aromatic N) is 3. The fourth-order valence-corrected chi connectivity index (χ4v) is 2.71. The lowest BCUT2D eigenvalue weighted by molar-refractivity contribution is 0.107. The van der Waals surface area contributed by atoms with E-state index in [1.807, 2.05) is 25.5 Å². The highest BCUT2D eigenvalue weighted by Gasteiger charge is 2.30. The fourth-order valence-electron chi connectivity index (χ4n) is 2.34. The molecule has 0 aliphatic carbocycles. The van der Waals surface area contributed by atoms with Gasteiger partial charge in [-0.1, -0.05) is 0 Å². The van der Waals surface area contributed by atoms with Crippen LogP contribution in [0.1, 0.15) is 18.1 Å². The Morgan fingerprint density at radius 1 is 1.47 bits per heavy atom. The molecular weight excluding hydrogens is 308 g/mol. The lowest BCUT2D eigenvalue weighted by Crippen LogP contribution is -2.23. The molecule has 0 radical (unpaired) electrons. The Balaban J connectivity index is 1.79. The van der Waals surface area contributed by atoms with Gasteiger partial charge in [0, 0.05) is 37.8 Å². The third-order valence-corrected chi connectivity index (χ3v) is 3.89. The predicted octanol–water partition coefficient (Wildman–Crippen LogP) is 2.52. The van der Waals surface area contributed by atoms with Gasteiger partial charge in [0.2, 0.25) is 0 Å². The summed E-state index contributed by atoms with van der Waals surface area (Å²) in [7, 11) is 1.92. The minimum atomic E-state index is 0.0498. The summed E-state index contributed by atoms with van der Waals surface area (Å²) in [5.74, 6) is 0. The Labute approximate surface area is 120 Å². The molecule has 0 bridgehead atoms. The largest absolute Gasteiger partial charge is 0.378 e. The lowest BCUT2D eigenvalue weighted by atomic mass is 10.1. The van der Waals surface area contributed by atoms with Gasteiger partial charge in [0.1, 0.15) is 6.10 Å². The predicted molar refractivity (Wildman–Crippen MR) is 75.9 cm³/mol. The number of anilines is 1. The van der Waals surface area contributed by atoms with E-state index in [2.05, 4.69) is 31.3 Å². The molecule has 1 aliphatic heterocycles. The topological polar surface area (TPSA) is 52.0 Å². The first-order valence-corrected chi connectivity index (χ1v) is 6.99. The molecule has 0 aromatic carbocycles. The Kier molecular flexibility index (Phi) is 3.52. The molecule has 1 aliphatic rings. The van der Waals surface area contributed by atoms with Crippen LogP contribution in [-0.4, -0.2) is 27.4 Å². The first-order chi connectivity index (χ1) is 9.24. The van der Waals surface area contributed by atoms with E-state index in [1.54, 1.807) is 17.1 Å². The van der Waals surface area contributed by atoms with Crippen molar-refractivity contribution in [2.24, 2.45) is 7.05 Å². The average Bonchev–Trinajstić information content (AvgIpc) is 3.01. The summed E-state index contributed by atoms with van der Waals surface area (Å²) in [5, 5.41) is 7.73. The van der Waals surface area contributed by atoms with Gasteiger partial charge < -0.3 is 10.1 Å². The van der Waals surface area contributed by atoms with E-state index in [9.17, 15) is 0 Å². The highest BCUT2D eigenvalue weighted by Crippen LogP contribution is 2.32. The van der Waals surface area contributed by atoms with Crippen molar-refractivity contribution in [3.63, 3.8) is 0 Å². The van der Waals surface area contributed by atoms with E-state index >= 15 is 0 Å². The van der Waals surface area contributed by atoms with Gasteiger partial charge in [-0.2, -0.15) is 5.10 Å². The van der Waals surface area contributed by atoms with E-state index in [0.717, 1.165) is 28.8 Å². The molecule has 1 fully saturated rings. The van der Waals surface area contributed by atoms with E-state index in [0.29, 0.717) is 0 Å². The molecule has 2 atom stereocenters. The van der Waals surface area contributed by atoms with Crippen molar-refractivity contribution < 1.29 is 4.74 Å². The number of halogens is 1. The first kappa shape index (κ1) is 12.6. The molecule has 0 unspecified atom stereocenters. The van der Waals surface area contributed by atoms with Crippen LogP contribution in [0.25, 0.3) is 0 Å². The third-order valence-electron chi connectivity index (χ3n) is 3.26. The van der Waals surface area contributed by atoms with Crippen molar-refractivity contribution >= 4 is 21.6 Å². The van der Waals surface area contributed by atoms with Gasteiger partial charge in [-0.05, 0) is 28.4 Å². The van der Waals surface area contributed by atoms with Crippen LogP contribution in [0.15, 0.2) is 35.3 Å². The number of aromatic nitrogens is 3. The van der Waals surface area contributed by atoms with E-state index in [-0.39, 0.29) is 12.1 Å². The molecule has 0 spiro atoms. The highest BCUT2D eigenvalue weighted by molar-refractivity contribution is 9.10. The molecular formula is C13H15BrN4O. The summed E-state index contributed by atoms with van der Waals surface area (Å²) in [6.45, 7) is 0.764. The summed E-state index contributed by atoms with van der Waals surface area (Å²) in [6.07, 6.45) is 8.47. The summed E-state index contributed by atoms with van der Waals surface area (Å²) >= 11 is 3.50. The monoisotopic (exact) mass is 322 g/mol. The number of hydrogen-bond donors (Lipinski definition) is 1. The molecule has 3 rings (SSSR count). The quantitative estimate of drug-likeness (QED) is 0.943. The summed E-state index contributed by atoms with van der Waals surface area (Å²) in [6, 6.07) is 2.21. The van der Waals surface area contributed by atoms with Gasteiger partial charge in [0.25, 0.3) is 0 Å². The van der Waals surface area contributed by atoms with Crippen molar-refractivity contribution in [1.82, 2.24) is 14.8 Å². The first-order valence-electron chi connectivity index (χ1n) is 6.20. The van der Waals surface area contributed by atoms with Gasteiger partial charge >= 0.3 is 0 Å². The molecule has 1 N–H and O–H groups in total. The summed E-state index contributed by atoms with van der Waals surface area (Å²) in [4.78, 5) is 4.07. The molecule has 0 amide bonds. The van der Waals surface area contributed by atoms with Crippen molar-refractivity contribution in [2.75, 3.05) is 11.9 Å². The number of nitrogens with one attached hydrogen (secondary N) is 1. The van der Waals surface area contributed by atoms with Crippen LogP contribution < -0.4 is 5.32 Å². The van der Waals surface area contributed by atoms with Crippen LogP contribution in [0.2, 0.25) is 0 Å². The lowest BCUT2D eigenvalue weighted by Gasteiger charge is -2.20. The molecule has 0 saturated carbocycles. The number of pyridine rings is 1. The molecule has 2 aromatic rings. The molecule has 3 heterocycles. The Morgan fingerprint density at radius 2 is 2.37 bits per heavy atom. The molecule has 2 aromatic heterocycles. The molecule has 100 valence electrons. The zero-order valence-corrected chi connectivity index (χ0v) is 12.2. The van der Waals surface area contributed by atoms with Crippen LogP contribution in [-0.2, 0) is 11.8 Å². The van der Waals surface area contributed by atoms with Gasteiger partial charge in [0.05, 0.1) is 22.4 Å². The third kappa shape index (κ3) is 2.64. The van der Waals surface area contributed by atoms with Gasteiger partial charge in [-0.25, -0.2) is 0 Å². The summed E-state index contributed by atoms with van der Waals surface area (Å²) in [5.41, 5.74) is 2.15. The van der Waals surface area contributed by atoms with Crippen LogP contribution in [0.4, 0.5) is 5.69 Å². The number of rotatable bonds is 3. The van der Waals surface area contributed by atoms with Crippen molar-refractivity contribution in [3.05, 3.63) is 40.9 Å². The number of aryl methyl sites for hydroxylation is 1. The van der Waals surface area contributed by atoms with Crippen LogP contribution in [0.3, 0.4) is 0 Å².